The number of methoxy groups -OCH3 is 1. The van der Waals surface area contributed by atoms with E-state index < -0.39 is 5.97 Å². The van der Waals surface area contributed by atoms with Gasteiger partial charge in [0.1, 0.15) is 5.75 Å². The molecule has 6 heteroatoms. The van der Waals surface area contributed by atoms with E-state index >= 15 is 0 Å². The summed E-state index contributed by atoms with van der Waals surface area (Å²) in [7, 11) is 1.60. The van der Waals surface area contributed by atoms with Gasteiger partial charge in [-0.25, -0.2) is 9.78 Å². The number of benzene rings is 1. The van der Waals surface area contributed by atoms with E-state index in [1.807, 2.05) is 6.07 Å². The maximum absolute atomic E-state index is 11.4. The lowest BCUT2D eigenvalue weighted by molar-refractivity contribution is 0.0696. The SMILES string of the molecule is COc1cc(C(=O)O)ccc1N(CC1CC1)c1nc2c(s1)C(C)(C)CCC2(C)C. The summed E-state index contributed by atoms with van der Waals surface area (Å²) in [5.41, 5.74) is 2.55. The van der Waals surface area contributed by atoms with Crippen LogP contribution in [0.1, 0.15) is 74.3 Å². The molecular weight excluding hydrogens is 384 g/mol. The third-order valence-electron chi connectivity index (χ3n) is 6.33. The second-order valence-corrected chi connectivity index (χ2v) is 10.7. The molecule has 1 N–H and O–H groups in total. The van der Waals surface area contributed by atoms with Gasteiger partial charge in [0, 0.05) is 22.3 Å². The first-order chi connectivity index (χ1) is 13.6. The Labute approximate surface area is 176 Å². The van der Waals surface area contributed by atoms with Gasteiger partial charge in [0.25, 0.3) is 0 Å². The minimum atomic E-state index is -0.947. The predicted octanol–water partition coefficient (Wildman–Crippen LogP) is 5.75. The summed E-state index contributed by atoms with van der Waals surface area (Å²) in [6.07, 6.45) is 4.76. The van der Waals surface area contributed by atoms with Gasteiger partial charge >= 0.3 is 5.97 Å². The molecule has 1 saturated carbocycles. The maximum Gasteiger partial charge on any atom is 0.335 e. The number of rotatable bonds is 6. The third kappa shape index (κ3) is 3.75. The predicted molar refractivity (Wildman–Crippen MR) is 117 cm³/mol. The smallest absolute Gasteiger partial charge is 0.335 e. The van der Waals surface area contributed by atoms with Crippen LogP contribution in [0.5, 0.6) is 5.75 Å². The number of hydrogen-bond acceptors (Lipinski definition) is 5. The highest BCUT2D eigenvalue weighted by Gasteiger charge is 2.41. The summed E-state index contributed by atoms with van der Waals surface area (Å²) < 4.78 is 5.60. The molecular formula is C23H30N2O3S. The topological polar surface area (TPSA) is 62.7 Å². The molecule has 0 bridgehead atoms. The van der Waals surface area contributed by atoms with Crippen LogP contribution in [-0.4, -0.2) is 29.7 Å². The van der Waals surface area contributed by atoms with Crippen LogP contribution in [0.25, 0.3) is 0 Å². The van der Waals surface area contributed by atoms with E-state index in [1.165, 1.54) is 23.4 Å². The standard InChI is InChI=1S/C23H30N2O3S/c1-22(2)10-11-23(3,4)19-18(22)24-21(29-19)25(13-14-6-7-14)16-9-8-15(20(26)27)12-17(16)28-5/h8-9,12,14H,6-7,10-11,13H2,1-5H3,(H,26,27). The van der Waals surface area contributed by atoms with E-state index in [1.54, 1.807) is 30.6 Å². The molecule has 5 nitrogen and oxygen atoms in total. The minimum Gasteiger partial charge on any atom is -0.495 e. The number of anilines is 2. The molecule has 0 atom stereocenters. The molecule has 1 aromatic carbocycles. The number of carboxylic acids is 1. The van der Waals surface area contributed by atoms with Gasteiger partial charge in [-0.05, 0) is 49.8 Å². The second kappa shape index (κ2) is 7.01. The highest BCUT2D eigenvalue weighted by atomic mass is 32.1. The molecule has 0 unspecified atom stereocenters. The van der Waals surface area contributed by atoms with Crippen molar-refractivity contribution in [3.05, 3.63) is 34.3 Å². The van der Waals surface area contributed by atoms with Gasteiger partial charge in [-0.15, -0.1) is 11.3 Å². The molecule has 0 saturated heterocycles. The largest absolute Gasteiger partial charge is 0.495 e. The zero-order valence-corrected chi connectivity index (χ0v) is 18.7. The summed E-state index contributed by atoms with van der Waals surface area (Å²) in [4.78, 5) is 20.2. The molecule has 29 heavy (non-hydrogen) atoms. The van der Waals surface area contributed by atoms with Crippen molar-refractivity contribution in [1.82, 2.24) is 4.98 Å². The second-order valence-electron chi connectivity index (χ2n) is 9.69. The number of aromatic nitrogens is 1. The Hall–Kier alpha value is -2.08. The summed E-state index contributed by atoms with van der Waals surface area (Å²) in [5, 5.41) is 10.3. The monoisotopic (exact) mass is 414 g/mol. The van der Waals surface area contributed by atoms with Crippen molar-refractivity contribution in [2.24, 2.45) is 5.92 Å². The van der Waals surface area contributed by atoms with Crippen molar-refractivity contribution in [3.8, 4) is 5.75 Å². The summed E-state index contributed by atoms with van der Waals surface area (Å²) in [6, 6.07) is 5.13. The molecule has 156 valence electrons. The van der Waals surface area contributed by atoms with E-state index in [4.69, 9.17) is 9.72 Å². The average Bonchev–Trinajstić information content (AvgIpc) is 3.37. The molecule has 0 amide bonds. The van der Waals surface area contributed by atoms with Crippen LogP contribution in [-0.2, 0) is 10.8 Å². The quantitative estimate of drug-likeness (QED) is 0.652. The van der Waals surface area contributed by atoms with Crippen LogP contribution in [0.15, 0.2) is 18.2 Å². The van der Waals surface area contributed by atoms with Crippen molar-refractivity contribution in [2.75, 3.05) is 18.6 Å². The van der Waals surface area contributed by atoms with E-state index in [0.717, 1.165) is 30.2 Å². The van der Waals surface area contributed by atoms with Gasteiger partial charge in [-0.1, -0.05) is 27.7 Å². The molecule has 1 heterocycles. The lowest BCUT2D eigenvalue weighted by Gasteiger charge is -2.37. The Bertz CT molecular complexity index is 910. The van der Waals surface area contributed by atoms with E-state index in [-0.39, 0.29) is 16.4 Å². The van der Waals surface area contributed by atoms with Gasteiger partial charge in [-0.3, -0.25) is 0 Å². The molecule has 2 aliphatic carbocycles. The first-order valence-electron chi connectivity index (χ1n) is 10.3. The maximum atomic E-state index is 11.4. The zero-order valence-electron chi connectivity index (χ0n) is 17.9. The molecule has 0 spiro atoms. The van der Waals surface area contributed by atoms with Crippen molar-refractivity contribution >= 4 is 28.1 Å². The zero-order chi connectivity index (χ0) is 21.0. The first kappa shape index (κ1) is 20.2. The fourth-order valence-corrected chi connectivity index (χ4v) is 5.47. The van der Waals surface area contributed by atoms with E-state index in [0.29, 0.717) is 11.7 Å². The molecule has 1 aromatic heterocycles. The first-order valence-corrected chi connectivity index (χ1v) is 11.1. The van der Waals surface area contributed by atoms with Crippen LogP contribution in [0.2, 0.25) is 0 Å². The van der Waals surface area contributed by atoms with Crippen molar-refractivity contribution in [3.63, 3.8) is 0 Å². The van der Waals surface area contributed by atoms with E-state index in [9.17, 15) is 9.90 Å². The normalized spacial score (nSPS) is 19.5. The molecule has 1 fully saturated rings. The van der Waals surface area contributed by atoms with E-state index in [2.05, 4.69) is 32.6 Å². The van der Waals surface area contributed by atoms with Crippen molar-refractivity contribution in [2.45, 2.75) is 64.2 Å². The number of carbonyl (C=O) groups is 1. The number of fused-ring (bicyclic) bond motifs is 1. The van der Waals surface area contributed by atoms with Crippen LogP contribution >= 0.6 is 11.3 Å². The Morgan fingerprint density at radius 1 is 1.24 bits per heavy atom. The van der Waals surface area contributed by atoms with Crippen molar-refractivity contribution < 1.29 is 14.6 Å². The summed E-state index contributed by atoms with van der Waals surface area (Å²) >= 11 is 1.79. The fraction of sp³-hybridized carbons (Fsp3) is 0.565. The van der Waals surface area contributed by atoms with Crippen LogP contribution in [0.4, 0.5) is 10.8 Å². The Balaban J connectivity index is 1.82. The number of carboxylic acid groups (broad SMARTS) is 1. The third-order valence-corrected chi connectivity index (χ3v) is 7.78. The summed E-state index contributed by atoms with van der Waals surface area (Å²) in [5.74, 6) is 0.287. The highest BCUT2D eigenvalue weighted by Crippen LogP contribution is 2.51. The van der Waals surface area contributed by atoms with Gasteiger partial charge in [0.2, 0.25) is 0 Å². The van der Waals surface area contributed by atoms with Gasteiger partial charge < -0.3 is 14.7 Å². The number of ether oxygens (including phenoxy) is 1. The fourth-order valence-electron chi connectivity index (χ4n) is 4.07. The lowest BCUT2D eigenvalue weighted by atomic mass is 9.69. The van der Waals surface area contributed by atoms with Gasteiger partial charge in [0.05, 0.1) is 24.1 Å². The van der Waals surface area contributed by atoms with Crippen LogP contribution in [0, 0.1) is 5.92 Å². The van der Waals surface area contributed by atoms with Crippen molar-refractivity contribution in [1.29, 1.82) is 0 Å². The Morgan fingerprint density at radius 3 is 2.52 bits per heavy atom. The minimum absolute atomic E-state index is 0.0715. The number of hydrogen-bond donors (Lipinski definition) is 1. The Morgan fingerprint density at radius 2 is 1.93 bits per heavy atom. The van der Waals surface area contributed by atoms with Crippen LogP contribution < -0.4 is 9.64 Å². The number of nitrogens with zero attached hydrogens (tertiary/aromatic N) is 2. The van der Waals surface area contributed by atoms with Gasteiger partial charge in [0.15, 0.2) is 5.13 Å². The van der Waals surface area contributed by atoms with Crippen LogP contribution in [0.3, 0.4) is 0 Å². The lowest BCUT2D eigenvalue weighted by Crippen LogP contribution is -2.32. The molecule has 0 aliphatic heterocycles. The Kier molecular flexibility index (Phi) is 4.88. The molecule has 2 aromatic rings. The molecule has 0 radical (unpaired) electrons. The van der Waals surface area contributed by atoms with Gasteiger partial charge in [-0.2, -0.15) is 0 Å². The number of thiazole rings is 1. The molecule has 4 rings (SSSR count). The highest BCUT2D eigenvalue weighted by molar-refractivity contribution is 7.16. The summed E-state index contributed by atoms with van der Waals surface area (Å²) in [6.45, 7) is 10.1. The number of aromatic carboxylic acids is 1. The average molecular weight is 415 g/mol. The molecule has 2 aliphatic rings.